The summed E-state index contributed by atoms with van der Waals surface area (Å²) in [7, 11) is 0. The number of aliphatic hydroxyl groups is 1. The van der Waals surface area contributed by atoms with Gasteiger partial charge in [-0.05, 0) is 24.3 Å². The first kappa shape index (κ1) is 21.7. The molecule has 0 saturated carbocycles. The molecular weight excluding hydrogens is 411 g/mol. The van der Waals surface area contributed by atoms with E-state index in [1.54, 1.807) is 0 Å². The van der Waals surface area contributed by atoms with Gasteiger partial charge in [0.2, 0.25) is 11.8 Å². The van der Waals surface area contributed by atoms with Crippen LogP contribution in [0.15, 0.2) is 42.5 Å². The third kappa shape index (κ3) is 4.76. The van der Waals surface area contributed by atoms with Crippen molar-refractivity contribution in [2.45, 2.75) is 18.7 Å². The largest absolute Gasteiger partial charge is 0.416 e. The second-order valence-electron chi connectivity index (χ2n) is 6.88. The van der Waals surface area contributed by atoms with Crippen LogP contribution in [-0.2, 0) is 15.8 Å². The highest BCUT2D eigenvalue weighted by atomic mass is 19.4. The predicted octanol–water partition coefficient (Wildman–Crippen LogP) is 3.19. The number of hydrogen-bond donors (Lipinski definition) is 2. The standard InChI is InChI=1S/C20H17F5N2O3/c21-13-4-5-15(16(22)8-13)17(28)9-26-19(30)11-6-18(29)27(10-11)14-3-1-2-12(7-14)20(23,24)25/h1-5,7-8,11,17,28H,6,9-10H2,(H,26,30). The molecule has 160 valence electrons. The lowest BCUT2D eigenvalue weighted by Crippen LogP contribution is -2.35. The van der Waals surface area contributed by atoms with Crippen LogP contribution in [0, 0.1) is 17.6 Å². The Morgan fingerprint density at radius 2 is 1.93 bits per heavy atom. The third-order valence-corrected chi connectivity index (χ3v) is 4.77. The summed E-state index contributed by atoms with van der Waals surface area (Å²) >= 11 is 0. The molecule has 30 heavy (non-hydrogen) atoms. The highest BCUT2D eigenvalue weighted by Crippen LogP contribution is 2.33. The SMILES string of the molecule is O=C(NCC(O)c1ccc(F)cc1F)C1CC(=O)N(c2cccc(C(F)(F)F)c2)C1. The topological polar surface area (TPSA) is 69.6 Å². The van der Waals surface area contributed by atoms with Gasteiger partial charge in [-0.2, -0.15) is 13.2 Å². The van der Waals surface area contributed by atoms with Crippen LogP contribution in [0.3, 0.4) is 0 Å². The third-order valence-electron chi connectivity index (χ3n) is 4.77. The lowest BCUT2D eigenvalue weighted by Gasteiger charge is -2.19. The van der Waals surface area contributed by atoms with Crippen molar-refractivity contribution in [1.82, 2.24) is 5.32 Å². The molecule has 1 aliphatic rings. The van der Waals surface area contributed by atoms with Crippen molar-refractivity contribution in [3.8, 4) is 0 Å². The van der Waals surface area contributed by atoms with Crippen molar-refractivity contribution >= 4 is 17.5 Å². The number of anilines is 1. The van der Waals surface area contributed by atoms with E-state index in [1.807, 2.05) is 0 Å². The molecule has 2 aromatic carbocycles. The monoisotopic (exact) mass is 428 g/mol. The average Bonchev–Trinajstić information content (AvgIpc) is 3.07. The molecule has 1 saturated heterocycles. The zero-order valence-corrected chi connectivity index (χ0v) is 15.4. The van der Waals surface area contributed by atoms with Gasteiger partial charge in [-0.1, -0.05) is 12.1 Å². The molecule has 3 rings (SSSR count). The van der Waals surface area contributed by atoms with Gasteiger partial charge in [-0.3, -0.25) is 9.59 Å². The average molecular weight is 428 g/mol. The molecular formula is C20H17F5N2O3. The van der Waals surface area contributed by atoms with Gasteiger partial charge in [0.1, 0.15) is 11.6 Å². The first-order valence-corrected chi connectivity index (χ1v) is 8.94. The van der Waals surface area contributed by atoms with Gasteiger partial charge >= 0.3 is 6.18 Å². The van der Waals surface area contributed by atoms with Crippen molar-refractivity contribution in [3.05, 3.63) is 65.2 Å². The molecule has 2 unspecified atom stereocenters. The van der Waals surface area contributed by atoms with Gasteiger partial charge < -0.3 is 15.3 Å². The molecule has 2 amide bonds. The lowest BCUT2D eigenvalue weighted by molar-refractivity contribution is -0.137. The summed E-state index contributed by atoms with van der Waals surface area (Å²) in [6, 6.07) is 6.84. The summed E-state index contributed by atoms with van der Waals surface area (Å²) in [4.78, 5) is 25.6. The number of rotatable bonds is 5. The minimum Gasteiger partial charge on any atom is -0.386 e. The number of nitrogens with one attached hydrogen (secondary N) is 1. The molecule has 2 N–H and O–H groups in total. The molecule has 10 heteroatoms. The zero-order chi connectivity index (χ0) is 22.1. The van der Waals surface area contributed by atoms with E-state index in [-0.39, 0.29) is 30.8 Å². The quantitative estimate of drug-likeness (QED) is 0.719. The summed E-state index contributed by atoms with van der Waals surface area (Å²) in [5.41, 5.74) is -1.09. The van der Waals surface area contributed by atoms with E-state index in [4.69, 9.17) is 0 Å². The van der Waals surface area contributed by atoms with Crippen LogP contribution >= 0.6 is 0 Å². The Morgan fingerprint density at radius 3 is 2.60 bits per heavy atom. The summed E-state index contributed by atoms with van der Waals surface area (Å²) in [6.45, 7) is -0.511. The van der Waals surface area contributed by atoms with Gasteiger partial charge in [-0.15, -0.1) is 0 Å². The number of hydrogen-bond acceptors (Lipinski definition) is 3. The molecule has 1 fully saturated rings. The van der Waals surface area contributed by atoms with E-state index >= 15 is 0 Å². The number of benzene rings is 2. The fraction of sp³-hybridized carbons (Fsp3) is 0.300. The Bertz CT molecular complexity index is 964. The van der Waals surface area contributed by atoms with E-state index in [2.05, 4.69) is 5.32 Å². The number of amides is 2. The van der Waals surface area contributed by atoms with Crippen molar-refractivity contribution in [2.24, 2.45) is 5.92 Å². The molecule has 0 aromatic heterocycles. The van der Waals surface area contributed by atoms with Crippen LogP contribution in [0.4, 0.5) is 27.6 Å². The molecule has 0 radical (unpaired) electrons. The first-order valence-electron chi connectivity index (χ1n) is 8.94. The number of nitrogens with zero attached hydrogens (tertiary/aromatic N) is 1. The van der Waals surface area contributed by atoms with Crippen molar-refractivity contribution in [2.75, 3.05) is 18.0 Å². The van der Waals surface area contributed by atoms with E-state index in [0.29, 0.717) is 6.07 Å². The van der Waals surface area contributed by atoms with Gasteiger partial charge in [0.25, 0.3) is 0 Å². The zero-order valence-electron chi connectivity index (χ0n) is 15.4. The summed E-state index contributed by atoms with van der Waals surface area (Å²) in [6.07, 6.45) is -6.23. The number of halogens is 5. The van der Waals surface area contributed by atoms with Crippen LogP contribution in [0.2, 0.25) is 0 Å². The van der Waals surface area contributed by atoms with Gasteiger partial charge in [0.15, 0.2) is 0 Å². The lowest BCUT2D eigenvalue weighted by atomic mass is 10.1. The van der Waals surface area contributed by atoms with Gasteiger partial charge in [0, 0.05) is 36.8 Å². The molecule has 2 atom stereocenters. The molecule has 0 aliphatic carbocycles. The Labute approximate surface area is 168 Å². The predicted molar refractivity (Wildman–Crippen MR) is 96.2 cm³/mol. The Balaban J connectivity index is 1.63. The Morgan fingerprint density at radius 1 is 1.20 bits per heavy atom. The fourth-order valence-electron chi connectivity index (χ4n) is 3.21. The summed E-state index contributed by atoms with van der Waals surface area (Å²) in [5, 5.41) is 12.4. The molecule has 2 aromatic rings. The van der Waals surface area contributed by atoms with Crippen LogP contribution in [-0.4, -0.2) is 30.0 Å². The fourth-order valence-corrected chi connectivity index (χ4v) is 3.21. The van der Waals surface area contributed by atoms with E-state index in [9.17, 15) is 36.6 Å². The van der Waals surface area contributed by atoms with E-state index in [1.165, 1.54) is 12.1 Å². The molecule has 0 bridgehead atoms. The van der Waals surface area contributed by atoms with Crippen molar-refractivity contribution in [1.29, 1.82) is 0 Å². The summed E-state index contributed by atoms with van der Waals surface area (Å²) in [5.74, 6) is -3.76. The second kappa shape index (κ2) is 8.39. The number of alkyl halides is 3. The maximum Gasteiger partial charge on any atom is 0.416 e. The van der Waals surface area contributed by atoms with Crippen molar-refractivity contribution in [3.63, 3.8) is 0 Å². The maximum absolute atomic E-state index is 13.7. The normalized spacial score (nSPS) is 17.9. The maximum atomic E-state index is 13.7. The van der Waals surface area contributed by atoms with Crippen LogP contribution in [0.1, 0.15) is 23.7 Å². The van der Waals surface area contributed by atoms with Crippen LogP contribution in [0.5, 0.6) is 0 Å². The van der Waals surface area contributed by atoms with Gasteiger partial charge in [-0.25, -0.2) is 8.78 Å². The first-order chi connectivity index (χ1) is 14.1. The van der Waals surface area contributed by atoms with Crippen LogP contribution in [0.25, 0.3) is 0 Å². The van der Waals surface area contributed by atoms with Gasteiger partial charge in [0.05, 0.1) is 17.6 Å². The number of carbonyl (C=O) groups excluding carboxylic acids is 2. The highest BCUT2D eigenvalue weighted by Gasteiger charge is 2.37. The molecule has 5 nitrogen and oxygen atoms in total. The molecule has 1 aliphatic heterocycles. The van der Waals surface area contributed by atoms with Crippen LogP contribution < -0.4 is 10.2 Å². The minimum atomic E-state index is -4.57. The van der Waals surface area contributed by atoms with E-state index < -0.39 is 47.2 Å². The highest BCUT2D eigenvalue weighted by molar-refractivity contribution is 6.00. The smallest absolute Gasteiger partial charge is 0.386 e. The number of carbonyl (C=O) groups is 2. The molecule has 1 heterocycles. The molecule has 0 spiro atoms. The minimum absolute atomic E-state index is 0.0264. The summed E-state index contributed by atoms with van der Waals surface area (Å²) < 4.78 is 65.3. The van der Waals surface area contributed by atoms with Crippen molar-refractivity contribution < 1.29 is 36.6 Å². The Kier molecular flexibility index (Phi) is 6.06. The van der Waals surface area contributed by atoms with E-state index in [0.717, 1.165) is 29.2 Å². The number of aliphatic hydroxyl groups excluding tert-OH is 1. The second-order valence-corrected chi connectivity index (χ2v) is 6.88. The Hall–Kier alpha value is -3.01.